The van der Waals surface area contributed by atoms with Crippen LogP contribution in [0.3, 0.4) is 0 Å². The number of hydrogen-bond acceptors (Lipinski definition) is 4. The van der Waals surface area contributed by atoms with Crippen molar-refractivity contribution in [2.24, 2.45) is 0 Å². The fraction of sp³-hybridized carbons (Fsp3) is 0.435. The maximum Gasteiger partial charge on any atom is 0.251 e. The predicted octanol–water partition coefficient (Wildman–Crippen LogP) is 3.90. The number of carbonyl (C=O) groups excluding carboxylic acids is 1. The molecule has 2 aromatic carbocycles. The van der Waals surface area contributed by atoms with Crippen LogP contribution < -0.4 is 5.32 Å². The first-order chi connectivity index (χ1) is 14.8. The van der Waals surface area contributed by atoms with Crippen molar-refractivity contribution in [2.75, 3.05) is 27.2 Å². The Morgan fingerprint density at radius 2 is 1.68 bits per heavy atom. The highest BCUT2D eigenvalue weighted by Gasteiger charge is 2.28. The third-order valence-corrected chi connectivity index (χ3v) is 7.80. The van der Waals surface area contributed by atoms with Crippen LogP contribution in [0.1, 0.15) is 47.2 Å². The molecule has 0 unspecified atom stereocenters. The highest BCUT2D eigenvalue weighted by Crippen LogP contribution is 2.27. The lowest BCUT2D eigenvalue weighted by Crippen LogP contribution is -2.32. The average molecular weight is 464 g/mol. The van der Waals surface area contributed by atoms with Gasteiger partial charge in [-0.3, -0.25) is 4.79 Å². The van der Waals surface area contributed by atoms with Gasteiger partial charge in [0, 0.05) is 31.7 Å². The first-order valence-electron chi connectivity index (χ1n) is 10.6. The fourth-order valence-corrected chi connectivity index (χ4v) is 5.78. The van der Waals surface area contributed by atoms with Crippen LogP contribution in [0.4, 0.5) is 0 Å². The zero-order chi connectivity index (χ0) is 22.4. The summed E-state index contributed by atoms with van der Waals surface area (Å²) in [4.78, 5) is 14.9. The lowest BCUT2D eigenvalue weighted by molar-refractivity contribution is 0.0950. The van der Waals surface area contributed by atoms with Crippen molar-refractivity contribution in [2.45, 2.75) is 43.7 Å². The lowest BCUT2D eigenvalue weighted by Gasteiger charge is -2.21. The van der Waals surface area contributed by atoms with Gasteiger partial charge in [-0.2, -0.15) is 4.31 Å². The van der Waals surface area contributed by atoms with Gasteiger partial charge in [0.25, 0.3) is 5.91 Å². The van der Waals surface area contributed by atoms with E-state index in [-0.39, 0.29) is 21.4 Å². The summed E-state index contributed by atoms with van der Waals surface area (Å²) in [7, 11) is 0.247. The van der Waals surface area contributed by atoms with Crippen LogP contribution in [0.2, 0.25) is 5.02 Å². The first kappa shape index (κ1) is 23.7. The molecule has 8 heteroatoms. The number of nitrogens with zero attached hydrogens (tertiary/aromatic N) is 2. The zero-order valence-corrected chi connectivity index (χ0v) is 19.7. The molecule has 1 fully saturated rings. The monoisotopic (exact) mass is 463 g/mol. The van der Waals surface area contributed by atoms with Crippen LogP contribution in [0.25, 0.3) is 0 Å². The molecule has 0 aliphatic carbocycles. The minimum atomic E-state index is -3.74. The molecule has 1 heterocycles. The topological polar surface area (TPSA) is 69.7 Å². The Morgan fingerprint density at radius 1 is 1.03 bits per heavy atom. The summed E-state index contributed by atoms with van der Waals surface area (Å²) in [5.41, 5.74) is 2.44. The molecule has 1 amide bonds. The first-order valence-corrected chi connectivity index (χ1v) is 12.4. The number of halogens is 1. The minimum Gasteiger partial charge on any atom is -0.348 e. The number of amides is 1. The Kier molecular flexibility index (Phi) is 8.11. The summed E-state index contributed by atoms with van der Waals surface area (Å²) in [6.07, 6.45) is 3.72. The number of benzene rings is 2. The van der Waals surface area contributed by atoms with Crippen LogP contribution in [-0.4, -0.2) is 50.7 Å². The van der Waals surface area contributed by atoms with E-state index in [1.165, 1.54) is 16.4 Å². The quantitative estimate of drug-likeness (QED) is 0.676. The van der Waals surface area contributed by atoms with Crippen molar-refractivity contribution in [1.29, 1.82) is 0 Å². The van der Waals surface area contributed by atoms with E-state index in [1.807, 2.05) is 38.4 Å². The molecule has 0 saturated carbocycles. The SMILES string of the molecule is CN(C)Cc1ccccc1CNC(=O)c1ccc(Cl)c(S(=O)(=O)N2CCCCCC2)c1. The van der Waals surface area contributed by atoms with Crippen LogP contribution >= 0.6 is 11.6 Å². The van der Waals surface area contributed by atoms with E-state index >= 15 is 0 Å². The third kappa shape index (κ3) is 6.07. The van der Waals surface area contributed by atoms with Gasteiger partial charge in [0.05, 0.1) is 5.02 Å². The van der Waals surface area contributed by atoms with Gasteiger partial charge in [0.15, 0.2) is 0 Å². The van der Waals surface area contributed by atoms with Gasteiger partial charge < -0.3 is 10.2 Å². The zero-order valence-electron chi connectivity index (χ0n) is 18.1. The van der Waals surface area contributed by atoms with E-state index in [1.54, 1.807) is 6.07 Å². The summed E-state index contributed by atoms with van der Waals surface area (Å²) in [6, 6.07) is 12.4. The van der Waals surface area contributed by atoms with Crippen molar-refractivity contribution in [3.8, 4) is 0 Å². The van der Waals surface area contributed by atoms with Crippen molar-refractivity contribution < 1.29 is 13.2 Å². The second kappa shape index (κ2) is 10.6. The highest BCUT2D eigenvalue weighted by molar-refractivity contribution is 7.89. The summed E-state index contributed by atoms with van der Waals surface area (Å²) >= 11 is 6.25. The number of hydrogen-bond donors (Lipinski definition) is 1. The van der Waals surface area contributed by atoms with Gasteiger partial charge in [-0.15, -0.1) is 0 Å². The second-order valence-corrected chi connectivity index (χ2v) is 10.5. The molecule has 2 aromatic rings. The molecule has 0 aromatic heterocycles. The number of carbonyl (C=O) groups is 1. The molecule has 0 radical (unpaired) electrons. The third-order valence-electron chi connectivity index (χ3n) is 5.42. The molecule has 31 heavy (non-hydrogen) atoms. The summed E-state index contributed by atoms with van der Waals surface area (Å²) in [5, 5.41) is 3.04. The number of nitrogens with one attached hydrogen (secondary N) is 1. The standard InChI is InChI=1S/C23H30ClN3O3S/c1-26(2)17-20-10-6-5-9-19(20)16-25-23(28)18-11-12-21(24)22(15-18)31(29,30)27-13-7-3-4-8-14-27/h5-6,9-12,15H,3-4,7-8,13-14,16-17H2,1-2H3,(H,25,28). The Hall–Kier alpha value is -1.93. The van der Waals surface area contributed by atoms with E-state index < -0.39 is 10.0 Å². The molecule has 3 rings (SSSR count). The normalized spacial score (nSPS) is 15.6. The molecule has 0 bridgehead atoms. The molecule has 6 nitrogen and oxygen atoms in total. The molecule has 1 aliphatic heterocycles. The van der Waals surface area contributed by atoms with E-state index in [4.69, 9.17) is 11.6 Å². The lowest BCUT2D eigenvalue weighted by atomic mass is 10.1. The van der Waals surface area contributed by atoms with Crippen molar-refractivity contribution in [3.05, 3.63) is 64.2 Å². The molecular weight excluding hydrogens is 434 g/mol. The van der Waals surface area contributed by atoms with Gasteiger partial charge in [-0.1, -0.05) is 48.7 Å². The van der Waals surface area contributed by atoms with Gasteiger partial charge in [0.2, 0.25) is 10.0 Å². The molecule has 1 aliphatic rings. The number of sulfonamides is 1. The van der Waals surface area contributed by atoms with Crippen molar-refractivity contribution in [1.82, 2.24) is 14.5 Å². The average Bonchev–Trinajstić information content (AvgIpc) is 3.03. The van der Waals surface area contributed by atoms with E-state index in [9.17, 15) is 13.2 Å². The maximum atomic E-state index is 13.2. The van der Waals surface area contributed by atoms with E-state index in [0.29, 0.717) is 19.6 Å². The molecule has 0 spiro atoms. The predicted molar refractivity (Wildman–Crippen MR) is 124 cm³/mol. The second-order valence-electron chi connectivity index (χ2n) is 8.15. The van der Waals surface area contributed by atoms with Crippen LogP contribution in [0.15, 0.2) is 47.4 Å². The van der Waals surface area contributed by atoms with E-state index in [0.717, 1.165) is 43.4 Å². The molecule has 1 saturated heterocycles. The number of rotatable bonds is 7. The Bertz CT molecular complexity index is 1020. The van der Waals surface area contributed by atoms with Gasteiger partial charge in [0.1, 0.15) is 4.90 Å². The molecule has 1 N–H and O–H groups in total. The van der Waals surface area contributed by atoms with Crippen LogP contribution in [0, 0.1) is 0 Å². The van der Waals surface area contributed by atoms with Crippen LogP contribution in [-0.2, 0) is 23.1 Å². The van der Waals surface area contributed by atoms with Crippen LogP contribution in [0.5, 0.6) is 0 Å². The summed E-state index contributed by atoms with van der Waals surface area (Å²) in [5.74, 6) is -0.330. The van der Waals surface area contributed by atoms with Crippen molar-refractivity contribution >= 4 is 27.5 Å². The van der Waals surface area contributed by atoms with E-state index in [2.05, 4.69) is 10.2 Å². The molecule has 0 atom stereocenters. The smallest absolute Gasteiger partial charge is 0.251 e. The Labute approximate surface area is 190 Å². The van der Waals surface area contributed by atoms with Gasteiger partial charge >= 0.3 is 0 Å². The largest absolute Gasteiger partial charge is 0.348 e. The Balaban J connectivity index is 1.78. The summed E-state index contributed by atoms with van der Waals surface area (Å²) < 4.78 is 27.8. The van der Waals surface area contributed by atoms with Gasteiger partial charge in [-0.25, -0.2) is 8.42 Å². The highest BCUT2D eigenvalue weighted by atomic mass is 35.5. The minimum absolute atomic E-state index is 0.00303. The van der Waals surface area contributed by atoms with Crippen molar-refractivity contribution in [3.63, 3.8) is 0 Å². The summed E-state index contributed by atoms with van der Waals surface area (Å²) in [6.45, 7) is 2.10. The molecule has 168 valence electrons. The fourth-order valence-electron chi connectivity index (χ4n) is 3.77. The Morgan fingerprint density at radius 3 is 2.32 bits per heavy atom. The maximum absolute atomic E-state index is 13.2. The molecular formula is C23H30ClN3O3S. The van der Waals surface area contributed by atoms with Gasteiger partial charge in [-0.05, 0) is 56.3 Å².